The molecular formula is C36H72O4. The fraction of sp³-hybridized carbons (Fsp3) is 0.944. The molecule has 0 unspecified atom stereocenters. The summed E-state index contributed by atoms with van der Waals surface area (Å²) in [5.41, 5.74) is 0. The summed E-state index contributed by atoms with van der Waals surface area (Å²) in [4.78, 5) is 21.5. The normalized spacial score (nSPS) is 10.8. The number of unbranched alkanes of at least 4 members (excludes halogenated alkanes) is 26. The maximum atomic E-state index is 11.1. The van der Waals surface area contributed by atoms with Crippen molar-refractivity contribution in [2.45, 2.75) is 213 Å². The molecule has 0 amide bonds. The standard InChI is InChI=1S/2C18H36O2/c1-3-5-6-7-8-9-10-11-12-13-14-15-16-17-18(19)20-4-2;1-2-3-4-5-6-7-8-9-10-11-12-13-14-15-16-17-18(19)20/h3-17H2,1-2H3;2-17H2,1H3,(H,19,20). The van der Waals surface area contributed by atoms with Crippen molar-refractivity contribution in [3.05, 3.63) is 0 Å². The molecule has 0 saturated heterocycles. The first-order valence-corrected chi connectivity index (χ1v) is 18.0. The first kappa shape index (κ1) is 41.1. The van der Waals surface area contributed by atoms with Crippen LogP contribution in [0.5, 0.6) is 0 Å². The van der Waals surface area contributed by atoms with Crippen LogP contribution >= 0.6 is 0 Å². The third-order valence-electron chi connectivity index (χ3n) is 7.78. The van der Waals surface area contributed by atoms with E-state index >= 15 is 0 Å². The van der Waals surface area contributed by atoms with Crippen molar-refractivity contribution in [2.24, 2.45) is 0 Å². The molecule has 4 heteroatoms. The quantitative estimate of drug-likeness (QED) is 0.0667. The number of ether oxygens (including phenoxy) is 1. The summed E-state index contributed by atoms with van der Waals surface area (Å²) in [7, 11) is 0. The smallest absolute Gasteiger partial charge is 0.305 e. The van der Waals surface area contributed by atoms with Crippen molar-refractivity contribution >= 4 is 11.9 Å². The topological polar surface area (TPSA) is 63.6 Å². The number of carbonyl (C=O) groups excluding carboxylic acids is 1. The maximum Gasteiger partial charge on any atom is 0.305 e. The zero-order valence-electron chi connectivity index (χ0n) is 27.6. The van der Waals surface area contributed by atoms with Gasteiger partial charge in [0.15, 0.2) is 0 Å². The van der Waals surface area contributed by atoms with Crippen molar-refractivity contribution in [1.29, 1.82) is 0 Å². The van der Waals surface area contributed by atoms with Crippen LogP contribution < -0.4 is 0 Å². The molecule has 0 aromatic carbocycles. The van der Waals surface area contributed by atoms with Crippen LogP contribution in [-0.2, 0) is 14.3 Å². The van der Waals surface area contributed by atoms with Crippen molar-refractivity contribution in [1.82, 2.24) is 0 Å². The largest absolute Gasteiger partial charge is 0.481 e. The molecule has 0 heterocycles. The SMILES string of the molecule is CCCCCCCCCCCCCCCC(=O)OCC.CCCCCCCCCCCCCCCCCC(=O)O. The van der Waals surface area contributed by atoms with E-state index in [2.05, 4.69) is 13.8 Å². The highest BCUT2D eigenvalue weighted by molar-refractivity contribution is 5.69. The molecule has 0 atom stereocenters. The Morgan fingerprint density at radius 1 is 0.400 bits per heavy atom. The van der Waals surface area contributed by atoms with Crippen LogP contribution in [0, 0.1) is 0 Å². The molecule has 0 aliphatic carbocycles. The minimum absolute atomic E-state index is 0.0319. The Morgan fingerprint density at radius 2 is 0.650 bits per heavy atom. The van der Waals surface area contributed by atoms with Crippen LogP contribution in [0.4, 0.5) is 0 Å². The zero-order valence-corrected chi connectivity index (χ0v) is 27.6. The number of carbonyl (C=O) groups is 2. The van der Waals surface area contributed by atoms with Gasteiger partial charge in [-0.2, -0.15) is 0 Å². The van der Waals surface area contributed by atoms with Gasteiger partial charge in [-0.1, -0.05) is 181 Å². The highest BCUT2D eigenvalue weighted by Gasteiger charge is 2.01. The van der Waals surface area contributed by atoms with Crippen LogP contribution in [0.2, 0.25) is 0 Å². The van der Waals surface area contributed by atoms with Gasteiger partial charge in [0.2, 0.25) is 0 Å². The number of aliphatic carboxylic acids is 1. The van der Waals surface area contributed by atoms with E-state index in [9.17, 15) is 9.59 Å². The lowest BCUT2D eigenvalue weighted by atomic mass is 10.0. The maximum absolute atomic E-state index is 11.1. The molecule has 0 bridgehead atoms. The van der Waals surface area contributed by atoms with Gasteiger partial charge in [0.25, 0.3) is 0 Å². The highest BCUT2D eigenvalue weighted by Crippen LogP contribution is 2.14. The lowest BCUT2D eigenvalue weighted by Crippen LogP contribution is -2.03. The molecule has 1 N–H and O–H groups in total. The predicted octanol–water partition coefficient (Wildman–Crippen LogP) is 12.4. The number of carboxylic acid groups (broad SMARTS) is 1. The Hall–Kier alpha value is -1.06. The van der Waals surface area contributed by atoms with Crippen LogP contribution in [-0.4, -0.2) is 23.7 Å². The lowest BCUT2D eigenvalue weighted by Gasteiger charge is -2.03. The van der Waals surface area contributed by atoms with E-state index in [1.54, 1.807) is 0 Å². The van der Waals surface area contributed by atoms with Crippen molar-refractivity contribution < 1.29 is 19.4 Å². The Labute approximate surface area is 251 Å². The van der Waals surface area contributed by atoms with E-state index in [4.69, 9.17) is 9.84 Å². The Balaban J connectivity index is 0. The summed E-state index contributed by atoms with van der Waals surface area (Å²) in [6.45, 7) is 6.91. The van der Waals surface area contributed by atoms with Gasteiger partial charge in [-0.15, -0.1) is 0 Å². The molecule has 0 spiro atoms. The molecule has 4 nitrogen and oxygen atoms in total. The molecule has 0 aromatic heterocycles. The second-order valence-corrected chi connectivity index (χ2v) is 11.9. The van der Waals surface area contributed by atoms with E-state index in [0.717, 1.165) is 19.3 Å². The molecule has 0 aromatic rings. The summed E-state index contributed by atoms with van der Waals surface area (Å²) in [5.74, 6) is -0.685. The molecule has 0 aliphatic rings. The predicted molar refractivity (Wildman–Crippen MR) is 174 cm³/mol. The zero-order chi connectivity index (χ0) is 29.8. The average molecular weight is 569 g/mol. The van der Waals surface area contributed by atoms with Crippen molar-refractivity contribution in [3.63, 3.8) is 0 Å². The van der Waals surface area contributed by atoms with Gasteiger partial charge in [-0.25, -0.2) is 0 Å². The highest BCUT2D eigenvalue weighted by atomic mass is 16.5. The molecule has 40 heavy (non-hydrogen) atoms. The molecule has 0 fully saturated rings. The molecule has 0 aliphatic heterocycles. The molecule has 0 rings (SSSR count). The van der Waals surface area contributed by atoms with E-state index in [1.165, 1.54) is 161 Å². The fourth-order valence-corrected chi connectivity index (χ4v) is 5.17. The summed E-state index contributed by atoms with van der Waals surface area (Å²) >= 11 is 0. The van der Waals surface area contributed by atoms with E-state index in [0.29, 0.717) is 19.4 Å². The summed E-state index contributed by atoms with van der Waals surface area (Å²) in [6, 6.07) is 0. The van der Waals surface area contributed by atoms with Crippen LogP contribution in [0.15, 0.2) is 0 Å². The fourth-order valence-electron chi connectivity index (χ4n) is 5.17. The van der Waals surface area contributed by atoms with Gasteiger partial charge in [-0.3, -0.25) is 9.59 Å². The first-order valence-electron chi connectivity index (χ1n) is 18.0. The third kappa shape index (κ3) is 41.4. The number of hydrogen-bond acceptors (Lipinski definition) is 3. The van der Waals surface area contributed by atoms with Gasteiger partial charge in [-0.05, 0) is 19.8 Å². The van der Waals surface area contributed by atoms with Crippen molar-refractivity contribution in [3.8, 4) is 0 Å². The van der Waals surface area contributed by atoms with Crippen LogP contribution in [0.1, 0.15) is 213 Å². The molecule has 240 valence electrons. The van der Waals surface area contributed by atoms with Gasteiger partial charge in [0.05, 0.1) is 6.61 Å². The van der Waals surface area contributed by atoms with Gasteiger partial charge >= 0.3 is 11.9 Å². The average Bonchev–Trinajstić information content (AvgIpc) is 2.94. The Morgan fingerprint density at radius 3 is 0.900 bits per heavy atom. The Bertz CT molecular complexity index is 491. The van der Waals surface area contributed by atoms with Gasteiger partial charge in [0, 0.05) is 12.8 Å². The minimum Gasteiger partial charge on any atom is -0.481 e. The summed E-state index contributed by atoms with van der Waals surface area (Å²) < 4.78 is 4.91. The molecule has 0 radical (unpaired) electrons. The van der Waals surface area contributed by atoms with E-state index < -0.39 is 5.97 Å². The lowest BCUT2D eigenvalue weighted by molar-refractivity contribution is -0.143. The van der Waals surface area contributed by atoms with Crippen LogP contribution in [0.3, 0.4) is 0 Å². The first-order chi connectivity index (χ1) is 19.6. The minimum atomic E-state index is -0.653. The van der Waals surface area contributed by atoms with Crippen molar-refractivity contribution in [2.75, 3.05) is 6.61 Å². The number of hydrogen-bond donors (Lipinski definition) is 1. The second kappa shape index (κ2) is 37.9. The van der Waals surface area contributed by atoms with E-state index in [1.807, 2.05) is 6.92 Å². The number of rotatable bonds is 31. The summed E-state index contributed by atoms with van der Waals surface area (Å²) in [6.07, 6.45) is 38.2. The number of carboxylic acids is 1. The monoisotopic (exact) mass is 569 g/mol. The Kier molecular flexibility index (Phi) is 39.0. The van der Waals surface area contributed by atoms with Gasteiger partial charge in [0.1, 0.15) is 0 Å². The van der Waals surface area contributed by atoms with Gasteiger partial charge < -0.3 is 9.84 Å². The van der Waals surface area contributed by atoms with Crippen LogP contribution in [0.25, 0.3) is 0 Å². The molecular weight excluding hydrogens is 496 g/mol. The summed E-state index contributed by atoms with van der Waals surface area (Å²) in [5, 5.41) is 8.52. The number of esters is 1. The third-order valence-corrected chi connectivity index (χ3v) is 7.78. The second-order valence-electron chi connectivity index (χ2n) is 11.9. The molecule has 0 saturated carbocycles. The van der Waals surface area contributed by atoms with E-state index in [-0.39, 0.29) is 5.97 Å².